The average molecular weight is 266 g/mol. The molecule has 0 aromatic carbocycles. The first-order valence-electron chi connectivity index (χ1n) is 5.92. The smallest absolute Gasteiger partial charge is 0.253 e. The van der Waals surface area contributed by atoms with Crippen molar-refractivity contribution in [3.05, 3.63) is 16.4 Å². The Morgan fingerprint density at radius 1 is 1.56 bits per heavy atom. The van der Waals surface area contributed by atoms with E-state index in [9.17, 15) is 4.79 Å². The van der Waals surface area contributed by atoms with E-state index < -0.39 is 0 Å². The minimum atomic E-state index is -0.254. The number of nitrogens with zero attached hydrogens (tertiary/aromatic N) is 2. The Balaban J connectivity index is 1.86. The number of hydrogen-bond acceptors (Lipinski definition) is 6. The topological polar surface area (TPSA) is 104 Å². The van der Waals surface area contributed by atoms with Crippen molar-refractivity contribution < 1.29 is 5.21 Å². The third kappa shape index (κ3) is 1.88. The lowest BCUT2D eigenvalue weighted by Gasteiger charge is -2.21. The summed E-state index contributed by atoms with van der Waals surface area (Å²) in [6.07, 6.45) is 3.32. The van der Waals surface area contributed by atoms with Gasteiger partial charge in [0.2, 0.25) is 0 Å². The van der Waals surface area contributed by atoms with Crippen LogP contribution in [0, 0.1) is 11.8 Å². The van der Waals surface area contributed by atoms with Gasteiger partial charge in [-0.3, -0.25) is 4.79 Å². The van der Waals surface area contributed by atoms with E-state index in [0.717, 1.165) is 25.0 Å². The van der Waals surface area contributed by atoms with Gasteiger partial charge in [-0.1, -0.05) is 16.9 Å². The van der Waals surface area contributed by atoms with E-state index in [1.54, 1.807) is 0 Å². The van der Waals surface area contributed by atoms with Crippen LogP contribution in [0.5, 0.6) is 0 Å². The summed E-state index contributed by atoms with van der Waals surface area (Å²) >= 11 is 1.44. The van der Waals surface area contributed by atoms with Crippen LogP contribution in [0.2, 0.25) is 0 Å². The summed E-state index contributed by atoms with van der Waals surface area (Å²) in [5.41, 5.74) is 6.13. The van der Waals surface area contributed by atoms with E-state index in [1.165, 1.54) is 17.8 Å². The third-order valence-electron chi connectivity index (χ3n) is 3.70. The van der Waals surface area contributed by atoms with E-state index in [1.807, 2.05) is 0 Å². The Morgan fingerprint density at radius 2 is 2.39 bits per heavy atom. The summed E-state index contributed by atoms with van der Waals surface area (Å²) in [5.74, 6) is 1.12. The Morgan fingerprint density at radius 3 is 3.11 bits per heavy atom. The Kier molecular flexibility index (Phi) is 2.77. The number of nitrogens with two attached hydrogens (primary N) is 1. The third-order valence-corrected chi connectivity index (χ3v) is 5.00. The van der Waals surface area contributed by atoms with E-state index in [4.69, 9.17) is 10.9 Å². The summed E-state index contributed by atoms with van der Waals surface area (Å²) in [4.78, 5) is 18.1. The highest BCUT2D eigenvalue weighted by molar-refractivity contribution is 8.00. The predicted molar refractivity (Wildman–Crippen MR) is 69.0 cm³/mol. The molecule has 1 heterocycles. The van der Waals surface area contributed by atoms with Gasteiger partial charge >= 0.3 is 0 Å². The van der Waals surface area contributed by atoms with Gasteiger partial charge in [0.25, 0.3) is 5.56 Å². The molecule has 2 fully saturated rings. The number of anilines is 1. The number of hydrogen-bond donors (Lipinski definition) is 3. The zero-order valence-electron chi connectivity index (χ0n) is 9.67. The number of aromatic nitrogens is 2. The quantitative estimate of drug-likeness (QED) is 0.422. The molecular formula is C11H14N4O2S. The van der Waals surface area contributed by atoms with Crippen LogP contribution in [0.1, 0.15) is 19.3 Å². The van der Waals surface area contributed by atoms with Crippen molar-refractivity contribution in [2.45, 2.75) is 29.7 Å². The van der Waals surface area contributed by atoms with E-state index in [2.05, 4.69) is 15.1 Å². The van der Waals surface area contributed by atoms with Gasteiger partial charge in [-0.05, 0) is 25.2 Å². The number of H-pyrrole nitrogens is 1. The highest BCUT2D eigenvalue weighted by Crippen LogP contribution is 2.48. The molecule has 3 atom stereocenters. The first kappa shape index (κ1) is 11.6. The Bertz CT molecular complexity index is 556. The van der Waals surface area contributed by atoms with Gasteiger partial charge in [0, 0.05) is 12.0 Å². The summed E-state index contributed by atoms with van der Waals surface area (Å²) in [7, 11) is 0. The lowest BCUT2D eigenvalue weighted by molar-refractivity contribution is 0.314. The average Bonchev–Trinajstić information content (AvgIpc) is 2.88. The molecule has 2 aliphatic rings. The highest BCUT2D eigenvalue weighted by Gasteiger charge is 2.46. The fraction of sp³-hybridized carbons (Fsp3) is 0.545. The lowest BCUT2D eigenvalue weighted by atomic mass is 9.98. The van der Waals surface area contributed by atoms with Crippen molar-refractivity contribution in [3.8, 4) is 0 Å². The first-order valence-corrected chi connectivity index (χ1v) is 6.80. The molecule has 2 bridgehead atoms. The first-order chi connectivity index (χ1) is 8.67. The fourth-order valence-electron chi connectivity index (χ4n) is 2.96. The molecule has 1 aromatic heterocycles. The molecule has 96 valence electrons. The maximum Gasteiger partial charge on any atom is 0.253 e. The number of fused-ring (bicyclic) bond motifs is 2. The summed E-state index contributed by atoms with van der Waals surface area (Å²) in [6.45, 7) is 0. The van der Waals surface area contributed by atoms with Gasteiger partial charge in [0.05, 0.1) is 11.0 Å². The lowest BCUT2D eigenvalue weighted by Crippen LogP contribution is -2.25. The molecule has 0 radical (unpaired) electrons. The molecular weight excluding hydrogens is 252 g/mol. The van der Waals surface area contributed by atoms with Crippen LogP contribution in [-0.4, -0.2) is 26.1 Å². The van der Waals surface area contributed by atoms with Crippen LogP contribution in [-0.2, 0) is 0 Å². The predicted octanol–water partition coefficient (Wildman–Crippen LogP) is 1.07. The number of nitrogen functional groups attached to an aromatic ring is 1. The number of oxime groups is 1. The molecule has 3 rings (SSSR count). The van der Waals surface area contributed by atoms with Crippen molar-refractivity contribution in [2.75, 3.05) is 5.73 Å². The number of aromatic amines is 1. The molecule has 0 aliphatic heterocycles. The molecule has 1 aromatic rings. The summed E-state index contributed by atoms with van der Waals surface area (Å²) in [6, 6.07) is 1.26. The molecule has 6 nitrogen and oxygen atoms in total. The van der Waals surface area contributed by atoms with Gasteiger partial charge in [0.15, 0.2) is 5.16 Å². The maximum atomic E-state index is 11.3. The van der Waals surface area contributed by atoms with Crippen molar-refractivity contribution in [1.82, 2.24) is 9.97 Å². The standard InChI is InChI=1S/C11H14N4O2S/c12-7-4-8(16)14-11(13-7)18-10-6-2-1-5(3-6)9(10)15-17/h4-6,10,17H,1-3H2,(H3,12,13,14,16)/b15-9-/t5-,6-,10+/m0/s1. The van der Waals surface area contributed by atoms with E-state index >= 15 is 0 Å². The zero-order chi connectivity index (χ0) is 12.7. The molecule has 0 amide bonds. The zero-order valence-corrected chi connectivity index (χ0v) is 10.5. The van der Waals surface area contributed by atoms with Gasteiger partial charge in [-0.2, -0.15) is 0 Å². The van der Waals surface area contributed by atoms with Crippen LogP contribution in [0.15, 0.2) is 21.2 Å². The van der Waals surface area contributed by atoms with Gasteiger partial charge < -0.3 is 15.9 Å². The van der Waals surface area contributed by atoms with Crippen molar-refractivity contribution >= 4 is 23.3 Å². The molecule has 2 saturated carbocycles. The molecule has 7 heteroatoms. The summed E-state index contributed by atoms with van der Waals surface area (Å²) in [5, 5.41) is 13.1. The Hall–Kier alpha value is -1.50. The largest absolute Gasteiger partial charge is 0.411 e. The van der Waals surface area contributed by atoms with E-state index in [0.29, 0.717) is 17.0 Å². The van der Waals surface area contributed by atoms with Crippen molar-refractivity contribution in [1.29, 1.82) is 0 Å². The monoisotopic (exact) mass is 266 g/mol. The number of nitrogens with one attached hydrogen (secondary N) is 1. The van der Waals surface area contributed by atoms with Gasteiger partial charge in [0.1, 0.15) is 5.82 Å². The molecule has 4 N–H and O–H groups in total. The van der Waals surface area contributed by atoms with Crippen LogP contribution in [0.4, 0.5) is 5.82 Å². The van der Waals surface area contributed by atoms with Crippen LogP contribution in [0.3, 0.4) is 0 Å². The highest BCUT2D eigenvalue weighted by atomic mass is 32.2. The van der Waals surface area contributed by atoms with Crippen LogP contribution < -0.4 is 11.3 Å². The maximum absolute atomic E-state index is 11.3. The van der Waals surface area contributed by atoms with Gasteiger partial charge in [-0.15, -0.1) is 0 Å². The molecule has 2 aliphatic carbocycles. The molecule has 0 spiro atoms. The van der Waals surface area contributed by atoms with Crippen LogP contribution in [0.25, 0.3) is 0 Å². The van der Waals surface area contributed by atoms with Crippen molar-refractivity contribution in [2.24, 2.45) is 17.0 Å². The minimum absolute atomic E-state index is 0.110. The number of rotatable bonds is 2. The van der Waals surface area contributed by atoms with Crippen molar-refractivity contribution in [3.63, 3.8) is 0 Å². The normalized spacial score (nSPS) is 32.2. The second kappa shape index (κ2) is 4.31. The molecule has 0 saturated heterocycles. The second-order valence-electron chi connectivity index (χ2n) is 4.81. The Labute approximate surface area is 108 Å². The SMILES string of the molecule is Nc1cc(=O)[nH]c(S[C@H]2/C(=N\O)[C@H]3CC[C@H]2C3)n1. The number of thioether (sulfide) groups is 1. The fourth-order valence-corrected chi connectivity index (χ4v) is 4.32. The van der Waals surface area contributed by atoms with Gasteiger partial charge in [-0.25, -0.2) is 4.98 Å². The summed E-state index contributed by atoms with van der Waals surface area (Å²) < 4.78 is 0. The van der Waals surface area contributed by atoms with E-state index in [-0.39, 0.29) is 16.6 Å². The van der Waals surface area contributed by atoms with Crippen LogP contribution >= 0.6 is 11.8 Å². The second-order valence-corrected chi connectivity index (χ2v) is 5.94. The molecule has 18 heavy (non-hydrogen) atoms. The minimum Gasteiger partial charge on any atom is -0.411 e. The molecule has 0 unspecified atom stereocenters.